The molecule has 1 amide bonds. The van der Waals surface area contributed by atoms with Crippen molar-refractivity contribution < 1.29 is 14.3 Å². The number of rotatable bonds is 6. The number of carbonyl (C=O) groups excluding carboxylic acids is 1. The van der Waals surface area contributed by atoms with E-state index in [2.05, 4.69) is 42.3 Å². The molecule has 1 heterocycles. The van der Waals surface area contributed by atoms with Crippen molar-refractivity contribution in [2.75, 3.05) is 19.5 Å². The maximum atomic E-state index is 12.2. The highest BCUT2D eigenvalue weighted by Gasteiger charge is 2.09. The van der Waals surface area contributed by atoms with Gasteiger partial charge in [-0.25, -0.2) is 4.98 Å². The van der Waals surface area contributed by atoms with E-state index < -0.39 is 0 Å². The van der Waals surface area contributed by atoms with Crippen LogP contribution in [0.3, 0.4) is 0 Å². The smallest absolute Gasteiger partial charge is 0.250 e. The number of nitrogens with zero attached hydrogens (tertiary/aromatic N) is 1. The van der Waals surface area contributed by atoms with Gasteiger partial charge in [0.2, 0.25) is 5.91 Å². The molecule has 3 rings (SSSR count). The van der Waals surface area contributed by atoms with Gasteiger partial charge >= 0.3 is 0 Å². The number of ether oxygens (including phenoxy) is 2. The number of anilines is 1. The fourth-order valence-corrected chi connectivity index (χ4v) is 3.46. The molecule has 6 heteroatoms. The number of nitrogens with one attached hydrogen (secondary N) is 1. The minimum absolute atomic E-state index is 0.239. The molecule has 144 valence electrons. The third-order valence-electron chi connectivity index (χ3n) is 4.24. The number of methoxy groups -OCH3 is 2. The molecule has 5 nitrogen and oxygen atoms in total. The molecule has 0 saturated heterocycles. The Labute approximate surface area is 168 Å². The Hall–Kier alpha value is -3.12. The molecule has 1 aromatic heterocycles. The standard InChI is InChI=1S/C22H22N2O3S/c1-14-5-6-15(2)17(11-14)18-13-28-22(23-18)24-21(25)10-8-16-7-9-19(26-3)20(12-16)27-4/h5-13H,1-4H3,(H,23,24,25). The molecule has 0 spiro atoms. The Balaban J connectivity index is 1.70. The van der Waals surface area contributed by atoms with E-state index in [1.165, 1.54) is 23.0 Å². The third-order valence-corrected chi connectivity index (χ3v) is 5.00. The molecule has 2 aromatic carbocycles. The summed E-state index contributed by atoms with van der Waals surface area (Å²) in [6, 6.07) is 11.7. The van der Waals surface area contributed by atoms with E-state index in [9.17, 15) is 4.79 Å². The highest BCUT2D eigenvalue weighted by Crippen LogP contribution is 2.29. The highest BCUT2D eigenvalue weighted by molar-refractivity contribution is 7.14. The fraction of sp³-hybridized carbons (Fsp3) is 0.182. The molecule has 0 atom stereocenters. The molecular formula is C22H22N2O3S. The van der Waals surface area contributed by atoms with Crippen LogP contribution < -0.4 is 14.8 Å². The van der Waals surface area contributed by atoms with Crippen LogP contribution in [0, 0.1) is 13.8 Å². The maximum Gasteiger partial charge on any atom is 0.250 e. The second-order valence-corrected chi connectivity index (χ2v) is 7.15. The van der Waals surface area contributed by atoms with Crippen LogP contribution in [0.15, 0.2) is 47.9 Å². The number of aryl methyl sites for hydroxylation is 2. The summed E-state index contributed by atoms with van der Waals surface area (Å²) in [4.78, 5) is 16.8. The number of benzene rings is 2. The summed E-state index contributed by atoms with van der Waals surface area (Å²) < 4.78 is 10.5. The number of hydrogen-bond donors (Lipinski definition) is 1. The zero-order valence-corrected chi connectivity index (χ0v) is 17.1. The van der Waals surface area contributed by atoms with Gasteiger partial charge in [0.15, 0.2) is 16.6 Å². The van der Waals surface area contributed by atoms with Crippen LogP contribution in [0.1, 0.15) is 16.7 Å². The lowest BCUT2D eigenvalue weighted by atomic mass is 10.0. The van der Waals surface area contributed by atoms with Gasteiger partial charge in [0, 0.05) is 17.0 Å². The van der Waals surface area contributed by atoms with E-state index >= 15 is 0 Å². The fourth-order valence-electron chi connectivity index (χ4n) is 2.74. The summed E-state index contributed by atoms with van der Waals surface area (Å²) in [5.41, 5.74) is 5.12. The van der Waals surface area contributed by atoms with E-state index in [0.29, 0.717) is 16.6 Å². The van der Waals surface area contributed by atoms with Crippen molar-refractivity contribution in [1.82, 2.24) is 4.98 Å². The largest absolute Gasteiger partial charge is 0.493 e. The van der Waals surface area contributed by atoms with Gasteiger partial charge in [0.05, 0.1) is 19.9 Å². The van der Waals surface area contributed by atoms with Gasteiger partial charge in [-0.2, -0.15) is 0 Å². The summed E-state index contributed by atoms with van der Waals surface area (Å²) in [7, 11) is 3.16. The second kappa shape index (κ2) is 8.71. The minimum atomic E-state index is -0.239. The Bertz CT molecular complexity index is 1020. The molecule has 3 aromatic rings. The van der Waals surface area contributed by atoms with Crippen molar-refractivity contribution in [1.29, 1.82) is 0 Å². The van der Waals surface area contributed by atoms with Gasteiger partial charge in [0.25, 0.3) is 0 Å². The SMILES string of the molecule is COc1ccc(C=CC(=O)Nc2nc(-c3cc(C)ccc3C)cs2)cc1OC. The van der Waals surface area contributed by atoms with Gasteiger partial charge < -0.3 is 9.47 Å². The van der Waals surface area contributed by atoms with Crippen LogP contribution in [-0.2, 0) is 4.79 Å². The lowest BCUT2D eigenvalue weighted by Gasteiger charge is -2.07. The third kappa shape index (κ3) is 4.58. The predicted molar refractivity (Wildman–Crippen MR) is 114 cm³/mol. The molecule has 0 saturated carbocycles. The van der Waals surface area contributed by atoms with Crippen molar-refractivity contribution in [3.8, 4) is 22.8 Å². The van der Waals surface area contributed by atoms with Crippen molar-refractivity contribution in [3.63, 3.8) is 0 Å². The Kier molecular flexibility index (Phi) is 6.11. The number of carbonyl (C=O) groups is 1. The molecule has 0 radical (unpaired) electrons. The maximum absolute atomic E-state index is 12.2. The van der Waals surface area contributed by atoms with Crippen LogP contribution in [0.25, 0.3) is 17.3 Å². The normalized spacial score (nSPS) is 10.9. The van der Waals surface area contributed by atoms with Crippen molar-refractivity contribution in [3.05, 3.63) is 64.5 Å². The van der Waals surface area contributed by atoms with Gasteiger partial charge in [-0.15, -0.1) is 11.3 Å². The Morgan fingerprint density at radius 2 is 1.86 bits per heavy atom. The quantitative estimate of drug-likeness (QED) is 0.591. The van der Waals surface area contributed by atoms with Crippen molar-refractivity contribution in [2.45, 2.75) is 13.8 Å². The molecule has 0 aliphatic heterocycles. The van der Waals surface area contributed by atoms with Crippen LogP contribution in [0.2, 0.25) is 0 Å². The van der Waals surface area contributed by atoms with E-state index in [-0.39, 0.29) is 5.91 Å². The molecule has 0 aliphatic carbocycles. The zero-order chi connectivity index (χ0) is 20.1. The average molecular weight is 394 g/mol. The lowest BCUT2D eigenvalue weighted by Crippen LogP contribution is -2.07. The average Bonchev–Trinajstić information content (AvgIpc) is 3.16. The summed E-state index contributed by atoms with van der Waals surface area (Å²) in [6.07, 6.45) is 3.19. The molecule has 28 heavy (non-hydrogen) atoms. The lowest BCUT2D eigenvalue weighted by molar-refractivity contribution is -0.111. The summed E-state index contributed by atoms with van der Waals surface area (Å²) in [5, 5.41) is 5.33. The monoisotopic (exact) mass is 394 g/mol. The van der Waals surface area contributed by atoms with Crippen LogP contribution >= 0.6 is 11.3 Å². The van der Waals surface area contributed by atoms with Gasteiger partial charge in [-0.3, -0.25) is 10.1 Å². The molecule has 0 unspecified atom stereocenters. The van der Waals surface area contributed by atoms with Crippen molar-refractivity contribution in [2.24, 2.45) is 0 Å². The van der Waals surface area contributed by atoms with E-state index in [0.717, 1.165) is 22.4 Å². The topological polar surface area (TPSA) is 60.5 Å². The van der Waals surface area contributed by atoms with Gasteiger partial charge in [-0.05, 0) is 49.2 Å². The zero-order valence-electron chi connectivity index (χ0n) is 16.3. The first-order chi connectivity index (χ1) is 13.5. The molecular weight excluding hydrogens is 372 g/mol. The number of amides is 1. The molecule has 0 bridgehead atoms. The number of hydrogen-bond acceptors (Lipinski definition) is 5. The van der Waals surface area contributed by atoms with Crippen molar-refractivity contribution >= 4 is 28.5 Å². The second-order valence-electron chi connectivity index (χ2n) is 6.29. The minimum Gasteiger partial charge on any atom is -0.493 e. The van der Waals surface area contributed by atoms with Crippen LogP contribution in [0.5, 0.6) is 11.5 Å². The number of aromatic nitrogens is 1. The summed E-state index contributed by atoms with van der Waals surface area (Å²) in [6.45, 7) is 4.11. The van der Waals surface area contributed by atoms with E-state index in [4.69, 9.17) is 9.47 Å². The first-order valence-electron chi connectivity index (χ1n) is 8.74. The Morgan fingerprint density at radius 1 is 1.07 bits per heavy atom. The predicted octanol–water partition coefficient (Wildman–Crippen LogP) is 5.10. The van der Waals surface area contributed by atoms with Crippen LogP contribution in [0.4, 0.5) is 5.13 Å². The van der Waals surface area contributed by atoms with Gasteiger partial charge in [0.1, 0.15) is 0 Å². The summed E-state index contributed by atoms with van der Waals surface area (Å²) in [5.74, 6) is 1.02. The van der Waals surface area contributed by atoms with E-state index in [1.807, 2.05) is 17.5 Å². The summed E-state index contributed by atoms with van der Waals surface area (Å²) >= 11 is 1.41. The van der Waals surface area contributed by atoms with Crippen LogP contribution in [-0.4, -0.2) is 25.1 Å². The molecule has 0 fully saturated rings. The van der Waals surface area contributed by atoms with E-state index in [1.54, 1.807) is 26.4 Å². The molecule has 0 aliphatic rings. The first kappa shape index (κ1) is 19.6. The molecule has 1 N–H and O–H groups in total. The van der Waals surface area contributed by atoms with Gasteiger partial charge in [-0.1, -0.05) is 23.8 Å². The Morgan fingerprint density at radius 3 is 2.61 bits per heavy atom. The highest BCUT2D eigenvalue weighted by atomic mass is 32.1. The first-order valence-corrected chi connectivity index (χ1v) is 9.62. The number of thiazole rings is 1.